The second kappa shape index (κ2) is 6.88. The van der Waals surface area contributed by atoms with Crippen LogP contribution in [0.2, 0.25) is 0 Å². The molecule has 7 nitrogen and oxygen atoms in total. The molecule has 0 bridgehead atoms. The quantitative estimate of drug-likeness (QED) is 0.760. The Balaban J connectivity index is 1.35. The summed E-state index contributed by atoms with van der Waals surface area (Å²) in [6.07, 6.45) is 6.85. The molecule has 2 N–H and O–H groups in total. The van der Waals surface area contributed by atoms with Gasteiger partial charge in [0.25, 0.3) is 0 Å². The van der Waals surface area contributed by atoms with E-state index in [1.807, 2.05) is 30.5 Å². The van der Waals surface area contributed by atoms with Crippen molar-refractivity contribution < 1.29 is 4.79 Å². The van der Waals surface area contributed by atoms with Crippen LogP contribution in [0.15, 0.2) is 43.0 Å². The molecule has 0 aliphatic carbocycles. The summed E-state index contributed by atoms with van der Waals surface area (Å²) in [5.74, 6) is 1.10. The van der Waals surface area contributed by atoms with Crippen LogP contribution < -0.4 is 10.2 Å². The van der Waals surface area contributed by atoms with Gasteiger partial charge in [0.15, 0.2) is 0 Å². The number of fused-ring (bicyclic) bond motifs is 1. The predicted molar refractivity (Wildman–Crippen MR) is 94.9 cm³/mol. The molecule has 4 rings (SSSR count). The fourth-order valence-corrected chi connectivity index (χ4v) is 3.29. The van der Waals surface area contributed by atoms with E-state index in [1.165, 1.54) is 0 Å². The number of piperidine rings is 1. The maximum atomic E-state index is 12.4. The minimum Gasteiger partial charge on any atom is -0.356 e. The zero-order valence-corrected chi connectivity index (χ0v) is 13.9. The van der Waals surface area contributed by atoms with Gasteiger partial charge in [-0.2, -0.15) is 0 Å². The molecule has 128 valence electrons. The highest BCUT2D eigenvalue weighted by molar-refractivity contribution is 5.87. The van der Waals surface area contributed by atoms with Gasteiger partial charge in [-0.3, -0.25) is 9.78 Å². The molecular formula is C18H20N6O. The van der Waals surface area contributed by atoms with Gasteiger partial charge in [-0.05, 0) is 31.0 Å². The van der Waals surface area contributed by atoms with Crippen LogP contribution in [0.25, 0.3) is 11.0 Å². The number of aromatic nitrogens is 4. The Morgan fingerprint density at radius 2 is 2.08 bits per heavy atom. The summed E-state index contributed by atoms with van der Waals surface area (Å²) < 4.78 is 0. The van der Waals surface area contributed by atoms with E-state index in [1.54, 1.807) is 12.5 Å². The zero-order chi connectivity index (χ0) is 17.1. The molecule has 1 saturated heterocycles. The van der Waals surface area contributed by atoms with Crippen LogP contribution in [0.1, 0.15) is 18.5 Å². The van der Waals surface area contributed by atoms with Crippen molar-refractivity contribution in [3.8, 4) is 0 Å². The summed E-state index contributed by atoms with van der Waals surface area (Å²) in [6.45, 7) is 2.12. The molecule has 1 fully saturated rings. The highest BCUT2D eigenvalue weighted by Crippen LogP contribution is 2.27. The molecular weight excluding hydrogens is 316 g/mol. The number of hydrogen-bond acceptors (Lipinski definition) is 5. The van der Waals surface area contributed by atoms with Crippen molar-refractivity contribution in [2.24, 2.45) is 5.92 Å². The number of nitrogens with one attached hydrogen (secondary N) is 2. The van der Waals surface area contributed by atoms with Crippen LogP contribution in [-0.4, -0.2) is 38.9 Å². The third-order valence-corrected chi connectivity index (χ3v) is 4.67. The number of aromatic amines is 1. The van der Waals surface area contributed by atoms with E-state index in [0.29, 0.717) is 6.54 Å². The molecule has 25 heavy (non-hydrogen) atoms. The summed E-state index contributed by atoms with van der Waals surface area (Å²) in [5, 5.41) is 4.03. The third-order valence-electron chi connectivity index (χ3n) is 4.67. The Morgan fingerprint density at radius 3 is 2.88 bits per heavy atom. The van der Waals surface area contributed by atoms with Crippen LogP contribution in [-0.2, 0) is 11.3 Å². The van der Waals surface area contributed by atoms with E-state index in [9.17, 15) is 4.79 Å². The number of amides is 1. The van der Waals surface area contributed by atoms with Crippen molar-refractivity contribution in [3.05, 3.63) is 48.7 Å². The van der Waals surface area contributed by atoms with Crippen LogP contribution in [0, 0.1) is 5.92 Å². The number of anilines is 1. The van der Waals surface area contributed by atoms with Crippen molar-refractivity contribution in [3.63, 3.8) is 0 Å². The third kappa shape index (κ3) is 3.31. The first kappa shape index (κ1) is 15.6. The SMILES string of the molecule is O=C(NCc1ccccn1)C1CCN(c2ncnc3[nH]ccc23)CC1. The van der Waals surface area contributed by atoms with E-state index in [2.05, 4.69) is 30.2 Å². The molecule has 3 aromatic heterocycles. The van der Waals surface area contributed by atoms with Gasteiger partial charge in [-0.15, -0.1) is 0 Å². The molecule has 0 aromatic carbocycles. The van der Waals surface area contributed by atoms with Gasteiger partial charge in [-0.25, -0.2) is 9.97 Å². The number of nitrogens with zero attached hydrogens (tertiary/aromatic N) is 4. The lowest BCUT2D eigenvalue weighted by Crippen LogP contribution is -2.40. The van der Waals surface area contributed by atoms with E-state index in [4.69, 9.17) is 0 Å². The van der Waals surface area contributed by atoms with Gasteiger partial charge in [0.2, 0.25) is 5.91 Å². The van der Waals surface area contributed by atoms with Gasteiger partial charge in [0.05, 0.1) is 17.6 Å². The molecule has 1 aliphatic rings. The topological polar surface area (TPSA) is 86.8 Å². The Bertz CT molecular complexity index is 854. The Morgan fingerprint density at radius 1 is 1.20 bits per heavy atom. The van der Waals surface area contributed by atoms with E-state index < -0.39 is 0 Å². The molecule has 0 saturated carbocycles. The average molecular weight is 336 g/mol. The van der Waals surface area contributed by atoms with Crippen molar-refractivity contribution in [1.29, 1.82) is 0 Å². The number of carbonyl (C=O) groups is 1. The molecule has 7 heteroatoms. The summed E-state index contributed by atoms with van der Waals surface area (Å²) in [4.78, 5) is 30.6. The summed E-state index contributed by atoms with van der Waals surface area (Å²) in [6, 6.07) is 7.71. The van der Waals surface area contributed by atoms with Crippen molar-refractivity contribution in [2.45, 2.75) is 19.4 Å². The number of pyridine rings is 1. The largest absolute Gasteiger partial charge is 0.356 e. The molecule has 0 unspecified atom stereocenters. The number of carbonyl (C=O) groups excluding carboxylic acids is 1. The van der Waals surface area contributed by atoms with Crippen LogP contribution in [0.4, 0.5) is 5.82 Å². The monoisotopic (exact) mass is 336 g/mol. The standard InChI is InChI=1S/C18H20N6O/c25-18(21-11-14-3-1-2-7-19-14)13-5-9-24(10-6-13)17-15-4-8-20-16(15)22-12-23-17/h1-4,7-8,12-13H,5-6,9-11H2,(H,21,25)(H,20,22,23). The van der Waals surface area contributed by atoms with Gasteiger partial charge in [0.1, 0.15) is 17.8 Å². The van der Waals surface area contributed by atoms with Gasteiger partial charge < -0.3 is 15.2 Å². The second-order valence-electron chi connectivity index (χ2n) is 6.24. The fourth-order valence-electron chi connectivity index (χ4n) is 3.29. The lowest BCUT2D eigenvalue weighted by atomic mass is 9.95. The second-order valence-corrected chi connectivity index (χ2v) is 6.24. The summed E-state index contributed by atoms with van der Waals surface area (Å²) >= 11 is 0. The first-order chi connectivity index (χ1) is 12.3. The van der Waals surface area contributed by atoms with Gasteiger partial charge >= 0.3 is 0 Å². The lowest BCUT2D eigenvalue weighted by Gasteiger charge is -2.32. The molecule has 1 amide bonds. The number of hydrogen-bond donors (Lipinski definition) is 2. The van der Waals surface area contributed by atoms with Gasteiger partial charge in [0, 0.05) is 31.4 Å². The molecule has 0 atom stereocenters. The highest BCUT2D eigenvalue weighted by atomic mass is 16.1. The van der Waals surface area contributed by atoms with Gasteiger partial charge in [-0.1, -0.05) is 6.07 Å². The van der Waals surface area contributed by atoms with E-state index >= 15 is 0 Å². The average Bonchev–Trinajstić information content (AvgIpc) is 3.16. The Kier molecular flexibility index (Phi) is 4.28. The zero-order valence-electron chi connectivity index (χ0n) is 13.9. The summed E-state index contributed by atoms with van der Waals surface area (Å²) in [7, 11) is 0. The molecule has 1 aliphatic heterocycles. The molecule has 0 spiro atoms. The molecule has 0 radical (unpaired) electrons. The van der Waals surface area contributed by atoms with Crippen LogP contribution >= 0.6 is 0 Å². The van der Waals surface area contributed by atoms with Crippen molar-refractivity contribution >= 4 is 22.8 Å². The predicted octanol–water partition coefficient (Wildman–Crippen LogP) is 1.89. The fraction of sp³-hybridized carbons (Fsp3) is 0.333. The van der Waals surface area contributed by atoms with Crippen molar-refractivity contribution in [2.75, 3.05) is 18.0 Å². The molecule has 3 aromatic rings. The minimum absolute atomic E-state index is 0.0449. The van der Waals surface area contributed by atoms with E-state index in [0.717, 1.165) is 48.5 Å². The molecule has 4 heterocycles. The summed E-state index contributed by atoms with van der Waals surface area (Å²) in [5.41, 5.74) is 1.73. The normalized spacial score (nSPS) is 15.4. The Labute approximate surface area is 145 Å². The highest BCUT2D eigenvalue weighted by Gasteiger charge is 2.26. The van der Waals surface area contributed by atoms with Crippen LogP contribution in [0.5, 0.6) is 0 Å². The maximum Gasteiger partial charge on any atom is 0.223 e. The first-order valence-corrected chi connectivity index (χ1v) is 8.52. The Hall–Kier alpha value is -2.96. The van der Waals surface area contributed by atoms with Crippen LogP contribution in [0.3, 0.4) is 0 Å². The number of H-pyrrole nitrogens is 1. The van der Waals surface area contributed by atoms with Crippen molar-refractivity contribution in [1.82, 2.24) is 25.3 Å². The first-order valence-electron chi connectivity index (χ1n) is 8.52. The maximum absolute atomic E-state index is 12.4. The van der Waals surface area contributed by atoms with E-state index in [-0.39, 0.29) is 11.8 Å². The minimum atomic E-state index is 0.0449. The number of rotatable bonds is 4. The lowest BCUT2D eigenvalue weighted by molar-refractivity contribution is -0.125. The smallest absolute Gasteiger partial charge is 0.223 e.